The van der Waals surface area contributed by atoms with Gasteiger partial charge in [-0.1, -0.05) is 0 Å². The third kappa shape index (κ3) is 2.66. The van der Waals surface area contributed by atoms with E-state index in [1.54, 1.807) is 18.2 Å². The molecule has 0 aliphatic heterocycles. The van der Waals surface area contributed by atoms with Gasteiger partial charge in [0, 0.05) is 11.8 Å². The van der Waals surface area contributed by atoms with Gasteiger partial charge < -0.3 is 10.5 Å². The number of aryl methyl sites for hydroxylation is 2. The Labute approximate surface area is 111 Å². The predicted octanol–water partition coefficient (Wildman–Crippen LogP) is 3.69. The molecule has 0 radical (unpaired) electrons. The highest BCUT2D eigenvalue weighted by Crippen LogP contribution is 2.31. The molecule has 2 aromatic carbocycles. The summed E-state index contributed by atoms with van der Waals surface area (Å²) in [6, 6.07) is 9.76. The van der Waals surface area contributed by atoms with Crippen molar-refractivity contribution < 1.29 is 9.13 Å². The van der Waals surface area contributed by atoms with Crippen molar-refractivity contribution in [2.75, 3.05) is 5.73 Å². The van der Waals surface area contributed by atoms with Gasteiger partial charge in [0.25, 0.3) is 0 Å². The van der Waals surface area contributed by atoms with Crippen LogP contribution in [0.3, 0.4) is 0 Å². The summed E-state index contributed by atoms with van der Waals surface area (Å²) in [6.45, 7) is 3.64. The van der Waals surface area contributed by atoms with Crippen molar-refractivity contribution in [1.82, 2.24) is 0 Å². The van der Waals surface area contributed by atoms with Crippen LogP contribution in [0.2, 0.25) is 0 Å². The van der Waals surface area contributed by atoms with E-state index >= 15 is 0 Å². The van der Waals surface area contributed by atoms with Crippen LogP contribution >= 0.6 is 0 Å². The van der Waals surface area contributed by atoms with Crippen LogP contribution in [0.15, 0.2) is 30.3 Å². The van der Waals surface area contributed by atoms with Gasteiger partial charge in [-0.25, -0.2) is 4.39 Å². The lowest BCUT2D eigenvalue weighted by Gasteiger charge is -2.13. The minimum atomic E-state index is -0.511. The van der Waals surface area contributed by atoms with Gasteiger partial charge in [0.1, 0.15) is 5.75 Å². The van der Waals surface area contributed by atoms with E-state index in [2.05, 4.69) is 6.07 Å². The average molecular weight is 256 g/mol. The third-order valence-corrected chi connectivity index (χ3v) is 2.76. The maximum atomic E-state index is 13.7. The van der Waals surface area contributed by atoms with Gasteiger partial charge in [-0.2, -0.15) is 5.26 Å². The normalized spacial score (nSPS) is 10.0. The highest BCUT2D eigenvalue weighted by molar-refractivity contribution is 5.50. The van der Waals surface area contributed by atoms with Crippen molar-refractivity contribution >= 4 is 5.69 Å². The Morgan fingerprint density at radius 1 is 1.16 bits per heavy atom. The second kappa shape index (κ2) is 4.99. The molecule has 0 spiro atoms. The zero-order valence-electron chi connectivity index (χ0n) is 10.7. The molecule has 0 bridgehead atoms. The largest absolute Gasteiger partial charge is 0.454 e. The second-order valence-corrected chi connectivity index (χ2v) is 4.34. The number of anilines is 1. The maximum Gasteiger partial charge on any atom is 0.167 e. The third-order valence-electron chi connectivity index (χ3n) is 2.76. The molecule has 0 heterocycles. The zero-order chi connectivity index (χ0) is 14.0. The number of nitriles is 1. The van der Waals surface area contributed by atoms with Crippen LogP contribution in [0.4, 0.5) is 10.1 Å². The van der Waals surface area contributed by atoms with E-state index in [-0.39, 0.29) is 5.75 Å². The Bertz CT molecular complexity index is 651. The quantitative estimate of drug-likeness (QED) is 0.833. The minimum Gasteiger partial charge on any atom is -0.454 e. The minimum absolute atomic E-state index is 0.116. The summed E-state index contributed by atoms with van der Waals surface area (Å²) in [5.74, 6) is 0.163. The number of nitrogens with zero attached hydrogens (tertiary/aromatic N) is 1. The molecule has 0 saturated carbocycles. The molecule has 0 aromatic heterocycles. The highest BCUT2D eigenvalue weighted by atomic mass is 19.1. The predicted molar refractivity (Wildman–Crippen MR) is 71.5 cm³/mol. The van der Waals surface area contributed by atoms with Gasteiger partial charge in [0.2, 0.25) is 0 Å². The van der Waals surface area contributed by atoms with Gasteiger partial charge in [0.05, 0.1) is 11.6 Å². The Balaban J connectivity index is 2.41. The molecule has 2 rings (SSSR count). The van der Waals surface area contributed by atoms with Crippen LogP contribution < -0.4 is 10.5 Å². The van der Waals surface area contributed by atoms with Gasteiger partial charge in [-0.15, -0.1) is 0 Å². The summed E-state index contributed by atoms with van der Waals surface area (Å²) in [6.07, 6.45) is 0. The van der Waals surface area contributed by atoms with Crippen molar-refractivity contribution in [3.05, 3.63) is 52.8 Å². The molecule has 3 nitrogen and oxygen atoms in total. The highest BCUT2D eigenvalue weighted by Gasteiger charge is 2.10. The molecule has 0 unspecified atom stereocenters. The van der Waals surface area contributed by atoms with E-state index in [1.807, 2.05) is 13.8 Å². The fraction of sp³-hybridized carbons (Fsp3) is 0.133. The molecular weight excluding hydrogens is 243 g/mol. The first-order chi connectivity index (χ1) is 9.01. The van der Waals surface area contributed by atoms with Crippen molar-refractivity contribution in [2.45, 2.75) is 13.8 Å². The van der Waals surface area contributed by atoms with E-state index in [0.29, 0.717) is 17.0 Å². The fourth-order valence-electron chi connectivity index (χ4n) is 1.89. The molecule has 19 heavy (non-hydrogen) atoms. The molecule has 96 valence electrons. The summed E-state index contributed by atoms with van der Waals surface area (Å²) in [4.78, 5) is 0. The maximum absolute atomic E-state index is 13.7. The van der Waals surface area contributed by atoms with Crippen LogP contribution in [-0.2, 0) is 0 Å². The van der Waals surface area contributed by atoms with Gasteiger partial charge >= 0.3 is 0 Å². The SMILES string of the molecule is Cc1cc(C#N)cc(C)c1Oc1ccc(N)cc1F. The molecule has 2 aromatic rings. The number of nitrogens with two attached hydrogens (primary N) is 1. The summed E-state index contributed by atoms with van der Waals surface area (Å²) >= 11 is 0. The van der Waals surface area contributed by atoms with Crippen molar-refractivity contribution in [3.63, 3.8) is 0 Å². The van der Waals surface area contributed by atoms with Crippen molar-refractivity contribution in [3.8, 4) is 17.6 Å². The first-order valence-electron chi connectivity index (χ1n) is 5.75. The first kappa shape index (κ1) is 12.9. The Hall–Kier alpha value is -2.54. The van der Waals surface area contributed by atoms with Gasteiger partial charge in [0.15, 0.2) is 11.6 Å². The smallest absolute Gasteiger partial charge is 0.167 e. The molecule has 4 heteroatoms. The lowest BCUT2D eigenvalue weighted by Crippen LogP contribution is -1.95. The van der Waals surface area contributed by atoms with Gasteiger partial charge in [-0.3, -0.25) is 0 Å². The second-order valence-electron chi connectivity index (χ2n) is 4.34. The van der Waals surface area contributed by atoms with E-state index in [0.717, 1.165) is 11.1 Å². The zero-order valence-corrected chi connectivity index (χ0v) is 10.7. The molecule has 0 atom stereocenters. The Kier molecular flexibility index (Phi) is 3.39. The summed E-state index contributed by atoms with van der Waals surface area (Å²) in [5.41, 5.74) is 7.96. The van der Waals surface area contributed by atoms with Crippen molar-refractivity contribution in [2.24, 2.45) is 0 Å². The fourth-order valence-corrected chi connectivity index (χ4v) is 1.89. The lowest BCUT2D eigenvalue weighted by molar-refractivity contribution is 0.437. The number of nitrogen functional groups attached to an aromatic ring is 1. The number of rotatable bonds is 2. The van der Waals surface area contributed by atoms with Crippen LogP contribution in [0.25, 0.3) is 0 Å². The van der Waals surface area contributed by atoms with E-state index < -0.39 is 5.82 Å². The van der Waals surface area contributed by atoms with E-state index in [4.69, 9.17) is 15.7 Å². The molecule has 0 aliphatic carbocycles. The summed E-state index contributed by atoms with van der Waals surface area (Å²) in [7, 11) is 0. The topological polar surface area (TPSA) is 59.0 Å². The lowest BCUT2D eigenvalue weighted by atomic mass is 10.1. The van der Waals surface area contributed by atoms with E-state index in [9.17, 15) is 4.39 Å². The standard InChI is InChI=1S/C15H13FN2O/c1-9-5-11(8-17)6-10(2)15(9)19-14-4-3-12(18)7-13(14)16/h3-7H,18H2,1-2H3. The number of hydrogen-bond acceptors (Lipinski definition) is 3. The summed E-state index contributed by atoms with van der Waals surface area (Å²) in [5, 5.41) is 8.88. The number of benzene rings is 2. The van der Waals surface area contributed by atoms with Crippen LogP contribution in [0, 0.1) is 31.0 Å². The summed E-state index contributed by atoms with van der Waals surface area (Å²) < 4.78 is 19.3. The number of hydrogen-bond donors (Lipinski definition) is 1. The molecule has 0 aliphatic rings. The van der Waals surface area contributed by atoms with Crippen molar-refractivity contribution in [1.29, 1.82) is 5.26 Å². The first-order valence-corrected chi connectivity index (χ1v) is 5.75. The van der Waals surface area contributed by atoms with Gasteiger partial charge in [-0.05, 0) is 49.2 Å². The number of halogens is 1. The molecule has 0 saturated heterocycles. The van der Waals surface area contributed by atoms with Crippen LogP contribution in [0.5, 0.6) is 11.5 Å². The molecule has 0 amide bonds. The average Bonchev–Trinajstić information content (AvgIpc) is 2.35. The van der Waals surface area contributed by atoms with Crippen LogP contribution in [0.1, 0.15) is 16.7 Å². The monoisotopic (exact) mass is 256 g/mol. The van der Waals surface area contributed by atoms with E-state index in [1.165, 1.54) is 12.1 Å². The Morgan fingerprint density at radius 3 is 2.32 bits per heavy atom. The molecular formula is C15H13FN2O. The van der Waals surface area contributed by atoms with Crippen LogP contribution in [-0.4, -0.2) is 0 Å². The molecule has 0 fully saturated rings. The molecule has 2 N–H and O–H groups in total. The Morgan fingerprint density at radius 2 is 1.79 bits per heavy atom. The number of ether oxygens (including phenoxy) is 1.